The molecule has 3 N–H and O–H groups in total. The highest BCUT2D eigenvalue weighted by atomic mass is 35.5. The molecule has 0 aliphatic rings. The van der Waals surface area contributed by atoms with Crippen LogP contribution in [0.25, 0.3) is 21.9 Å². The normalized spacial score (nSPS) is 10.9. The molecule has 134 valence electrons. The van der Waals surface area contributed by atoms with Crippen LogP contribution in [0.15, 0.2) is 30.9 Å². The van der Waals surface area contributed by atoms with Crippen LogP contribution in [0.5, 0.6) is 0 Å². The minimum atomic E-state index is -0.614. The summed E-state index contributed by atoms with van der Waals surface area (Å²) < 4.78 is 14.9. The molecular formula is C17H15ClFN5O2. The van der Waals surface area contributed by atoms with Crippen LogP contribution < -0.4 is 15.8 Å². The Bertz CT molecular complexity index is 1010. The van der Waals surface area contributed by atoms with Crippen LogP contribution in [0.3, 0.4) is 0 Å². The van der Waals surface area contributed by atoms with E-state index < -0.39 is 11.7 Å². The molecule has 0 bridgehead atoms. The third kappa shape index (κ3) is 2.99. The van der Waals surface area contributed by atoms with Crippen LogP contribution in [0.1, 0.15) is 23.8 Å². The molecule has 9 heteroatoms. The summed E-state index contributed by atoms with van der Waals surface area (Å²) in [6.07, 6.45) is 4.39. The summed E-state index contributed by atoms with van der Waals surface area (Å²) in [4.78, 5) is 19.9. The maximum absolute atomic E-state index is 14.5. The summed E-state index contributed by atoms with van der Waals surface area (Å²) >= 11 is 6.05. The van der Waals surface area contributed by atoms with Crippen LogP contribution >= 0.6 is 11.6 Å². The van der Waals surface area contributed by atoms with E-state index in [9.17, 15) is 14.4 Å². The predicted octanol–water partition coefficient (Wildman–Crippen LogP) is 2.44. The third-order valence-corrected chi connectivity index (χ3v) is 4.19. The zero-order valence-corrected chi connectivity index (χ0v) is 14.5. The Labute approximate surface area is 153 Å². The highest BCUT2D eigenvalue weighted by Crippen LogP contribution is 2.36. The fourth-order valence-corrected chi connectivity index (χ4v) is 2.88. The SMILES string of the molecule is CCCNC(=O)c1c(N)c2ccc(F)c(-c3cncnc3Cl)c2c[n+]1[O-]. The number of halogens is 2. The van der Waals surface area contributed by atoms with Crippen molar-refractivity contribution >= 4 is 34.0 Å². The van der Waals surface area contributed by atoms with E-state index in [1.807, 2.05) is 6.92 Å². The van der Waals surface area contributed by atoms with Gasteiger partial charge in [0.05, 0.1) is 5.39 Å². The minimum absolute atomic E-state index is 0.0344. The lowest BCUT2D eigenvalue weighted by atomic mass is 9.99. The molecule has 0 atom stereocenters. The molecule has 0 unspecified atom stereocenters. The van der Waals surface area contributed by atoms with Gasteiger partial charge in [-0.1, -0.05) is 18.5 Å². The topological polar surface area (TPSA) is 108 Å². The van der Waals surface area contributed by atoms with Gasteiger partial charge in [0.1, 0.15) is 23.0 Å². The molecule has 2 aromatic heterocycles. The van der Waals surface area contributed by atoms with Gasteiger partial charge in [0.15, 0.2) is 6.20 Å². The molecule has 0 saturated heterocycles. The van der Waals surface area contributed by atoms with E-state index in [-0.39, 0.29) is 33.0 Å². The van der Waals surface area contributed by atoms with E-state index in [0.29, 0.717) is 23.1 Å². The van der Waals surface area contributed by atoms with Gasteiger partial charge in [-0.05, 0) is 18.6 Å². The summed E-state index contributed by atoms with van der Waals surface area (Å²) in [5, 5.41) is 15.6. The van der Waals surface area contributed by atoms with Gasteiger partial charge in [-0.15, -0.1) is 0 Å². The van der Waals surface area contributed by atoms with E-state index in [0.717, 1.165) is 6.20 Å². The summed E-state index contributed by atoms with van der Waals surface area (Å²) in [6.45, 7) is 2.29. The summed E-state index contributed by atoms with van der Waals surface area (Å²) in [6, 6.07) is 2.61. The van der Waals surface area contributed by atoms with Crippen LogP contribution in [0.2, 0.25) is 5.15 Å². The Kier molecular flexibility index (Phi) is 4.85. The fourth-order valence-electron chi connectivity index (χ4n) is 2.69. The predicted molar refractivity (Wildman–Crippen MR) is 95.9 cm³/mol. The monoisotopic (exact) mass is 375 g/mol. The molecular weight excluding hydrogens is 361 g/mol. The number of nitrogens with zero attached hydrogens (tertiary/aromatic N) is 3. The minimum Gasteiger partial charge on any atom is -0.618 e. The molecule has 2 heterocycles. The quantitative estimate of drug-likeness (QED) is 0.413. The molecule has 1 aromatic carbocycles. The molecule has 0 aliphatic carbocycles. The van der Waals surface area contributed by atoms with Gasteiger partial charge in [0.25, 0.3) is 0 Å². The number of carbonyl (C=O) groups is 1. The number of nitrogens with one attached hydrogen (secondary N) is 1. The second-order valence-electron chi connectivity index (χ2n) is 5.58. The van der Waals surface area contributed by atoms with Gasteiger partial charge in [-0.2, -0.15) is 4.73 Å². The van der Waals surface area contributed by atoms with Crippen LogP contribution in [0, 0.1) is 11.0 Å². The molecule has 26 heavy (non-hydrogen) atoms. The van der Waals surface area contributed by atoms with Crippen molar-refractivity contribution in [3.63, 3.8) is 0 Å². The number of benzene rings is 1. The lowest BCUT2D eigenvalue weighted by molar-refractivity contribution is -0.605. The van der Waals surface area contributed by atoms with Crippen molar-refractivity contribution in [1.82, 2.24) is 15.3 Å². The van der Waals surface area contributed by atoms with E-state index >= 15 is 0 Å². The second kappa shape index (κ2) is 7.09. The number of pyridine rings is 1. The first-order valence-corrected chi connectivity index (χ1v) is 8.21. The second-order valence-corrected chi connectivity index (χ2v) is 5.94. The van der Waals surface area contributed by atoms with Crippen molar-refractivity contribution in [1.29, 1.82) is 0 Å². The van der Waals surface area contributed by atoms with Crippen molar-refractivity contribution < 1.29 is 13.9 Å². The van der Waals surface area contributed by atoms with Crippen molar-refractivity contribution in [3.8, 4) is 11.1 Å². The van der Waals surface area contributed by atoms with Gasteiger partial charge in [0.2, 0.25) is 0 Å². The first-order valence-electron chi connectivity index (χ1n) is 7.83. The molecule has 7 nitrogen and oxygen atoms in total. The lowest BCUT2D eigenvalue weighted by Gasteiger charge is -2.13. The lowest BCUT2D eigenvalue weighted by Crippen LogP contribution is -2.40. The van der Waals surface area contributed by atoms with Crippen LogP contribution in [-0.2, 0) is 0 Å². The van der Waals surface area contributed by atoms with Gasteiger partial charge in [0, 0.05) is 29.3 Å². The standard InChI is InChI=1S/C17H15ClFN5O2/c1-2-5-22-17(25)15-14(20)9-3-4-12(19)13(11(9)7-24(15)26)10-6-21-8-23-16(10)18/h3-4,6-8H,2,5,20H2,1H3,(H,22,25). The Balaban J connectivity index is 2.29. The first-order chi connectivity index (χ1) is 12.5. The van der Waals surface area contributed by atoms with Crippen LogP contribution in [0.4, 0.5) is 10.1 Å². The third-order valence-electron chi connectivity index (χ3n) is 3.89. The number of nitrogen functional groups attached to an aromatic ring is 1. The number of nitrogens with two attached hydrogens (primary N) is 1. The summed E-state index contributed by atoms with van der Waals surface area (Å²) in [5.74, 6) is -1.20. The van der Waals surface area contributed by atoms with Gasteiger partial charge in [-0.3, -0.25) is 4.79 Å². The molecule has 0 aliphatic heterocycles. The van der Waals surface area contributed by atoms with Crippen molar-refractivity contribution in [2.24, 2.45) is 0 Å². The van der Waals surface area contributed by atoms with Crippen molar-refractivity contribution in [2.45, 2.75) is 13.3 Å². The van der Waals surface area contributed by atoms with Gasteiger partial charge < -0.3 is 16.3 Å². The number of carbonyl (C=O) groups excluding carboxylic acids is 1. The van der Waals surface area contributed by atoms with Gasteiger partial charge in [-0.25, -0.2) is 14.4 Å². The Hall–Kier alpha value is -3.00. The number of amides is 1. The molecule has 0 radical (unpaired) electrons. The highest BCUT2D eigenvalue weighted by molar-refractivity contribution is 6.32. The first kappa shape index (κ1) is 17.8. The zero-order valence-electron chi connectivity index (χ0n) is 13.8. The molecule has 0 spiro atoms. The number of aromatic nitrogens is 3. The zero-order chi connectivity index (χ0) is 18.8. The number of fused-ring (bicyclic) bond motifs is 1. The number of hydrogen-bond acceptors (Lipinski definition) is 5. The summed E-state index contributed by atoms with van der Waals surface area (Å²) in [7, 11) is 0. The van der Waals surface area contributed by atoms with Crippen LogP contribution in [-0.4, -0.2) is 22.4 Å². The average Bonchev–Trinajstić information content (AvgIpc) is 2.61. The molecule has 0 fully saturated rings. The summed E-state index contributed by atoms with van der Waals surface area (Å²) in [5.41, 5.74) is 6.05. The number of rotatable bonds is 4. The highest BCUT2D eigenvalue weighted by Gasteiger charge is 2.25. The molecule has 1 amide bonds. The fraction of sp³-hybridized carbons (Fsp3) is 0.176. The van der Waals surface area contributed by atoms with E-state index in [1.54, 1.807) is 0 Å². The van der Waals surface area contributed by atoms with E-state index in [4.69, 9.17) is 17.3 Å². The van der Waals surface area contributed by atoms with Crippen molar-refractivity contribution in [2.75, 3.05) is 12.3 Å². The largest absolute Gasteiger partial charge is 0.618 e. The van der Waals surface area contributed by atoms with Crippen molar-refractivity contribution in [3.05, 3.63) is 52.7 Å². The average molecular weight is 376 g/mol. The Morgan fingerprint density at radius 2 is 2.19 bits per heavy atom. The molecule has 3 aromatic rings. The molecule has 0 saturated carbocycles. The number of hydrogen-bond donors (Lipinski definition) is 2. The smallest absolute Gasteiger partial charge is 0.319 e. The van der Waals surface area contributed by atoms with E-state index in [2.05, 4.69) is 15.3 Å². The van der Waals surface area contributed by atoms with Gasteiger partial charge >= 0.3 is 11.6 Å². The maximum atomic E-state index is 14.5. The van der Waals surface area contributed by atoms with E-state index in [1.165, 1.54) is 24.7 Å². The number of anilines is 1. The maximum Gasteiger partial charge on any atom is 0.319 e. The Morgan fingerprint density at radius 3 is 2.88 bits per heavy atom. The Morgan fingerprint density at radius 1 is 1.42 bits per heavy atom. The molecule has 3 rings (SSSR count).